The highest BCUT2D eigenvalue weighted by molar-refractivity contribution is 6.29. The normalized spacial score (nSPS) is 10.2. The van der Waals surface area contributed by atoms with Crippen LogP contribution < -0.4 is 5.32 Å². The van der Waals surface area contributed by atoms with Gasteiger partial charge in [-0.3, -0.25) is 9.48 Å². The molecule has 0 atom stereocenters. The van der Waals surface area contributed by atoms with E-state index in [0.717, 1.165) is 0 Å². The summed E-state index contributed by atoms with van der Waals surface area (Å²) < 4.78 is 1.63. The van der Waals surface area contributed by atoms with Gasteiger partial charge in [-0.2, -0.15) is 0 Å². The molecule has 0 unspecified atom stereocenters. The van der Waals surface area contributed by atoms with Crippen molar-refractivity contribution in [2.75, 3.05) is 6.54 Å². The van der Waals surface area contributed by atoms with Crippen molar-refractivity contribution in [3.05, 3.63) is 41.4 Å². The standard InChI is InChI=1S/C10H10ClN5O/c11-9-3-1-2-8(14-9)10(17)12-4-6-16-7-5-13-15-16/h1-3,5,7H,4,6H2,(H,12,17). The topological polar surface area (TPSA) is 72.7 Å². The van der Waals surface area contributed by atoms with Crippen LogP contribution in [-0.2, 0) is 6.54 Å². The van der Waals surface area contributed by atoms with E-state index < -0.39 is 0 Å². The molecule has 2 heterocycles. The summed E-state index contributed by atoms with van der Waals surface area (Å²) in [6, 6.07) is 4.91. The van der Waals surface area contributed by atoms with Crippen molar-refractivity contribution in [3.8, 4) is 0 Å². The molecule has 0 saturated heterocycles. The number of hydrogen-bond acceptors (Lipinski definition) is 4. The van der Waals surface area contributed by atoms with Crippen LogP contribution in [0.2, 0.25) is 5.15 Å². The molecule has 2 rings (SSSR count). The van der Waals surface area contributed by atoms with E-state index in [1.54, 1.807) is 35.3 Å². The van der Waals surface area contributed by atoms with Gasteiger partial charge >= 0.3 is 0 Å². The monoisotopic (exact) mass is 251 g/mol. The van der Waals surface area contributed by atoms with Crippen LogP contribution in [0.5, 0.6) is 0 Å². The molecule has 0 bridgehead atoms. The summed E-state index contributed by atoms with van der Waals surface area (Å²) >= 11 is 5.69. The predicted octanol–water partition coefficient (Wildman–Crippen LogP) is 0.756. The van der Waals surface area contributed by atoms with Gasteiger partial charge in [-0.05, 0) is 12.1 Å². The molecule has 7 heteroatoms. The number of pyridine rings is 1. The minimum Gasteiger partial charge on any atom is -0.349 e. The number of carbonyl (C=O) groups is 1. The van der Waals surface area contributed by atoms with E-state index in [0.29, 0.717) is 23.9 Å². The van der Waals surface area contributed by atoms with Crippen LogP contribution in [0.15, 0.2) is 30.6 Å². The summed E-state index contributed by atoms with van der Waals surface area (Å²) in [7, 11) is 0. The number of nitrogens with one attached hydrogen (secondary N) is 1. The molecule has 0 aliphatic rings. The van der Waals surface area contributed by atoms with Gasteiger partial charge in [0.15, 0.2) is 0 Å². The highest BCUT2D eigenvalue weighted by atomic mass is 35.5. The average Bonchev–Trinajstić information content (AvgIpc) is 2.82. The second kappa shape index (κ2) is 5.40. The molecule has 0 fully saturated rings. The zero-order valence-corrected chi connectivity index (χ0v) is 9.63. The first-order valence-electron chi connectivity index (χ1n) is 5.00. The van der Waals surface area contributed by atoms with Crippen LogP contribution in [0.4, 0.5) is 0 Å². The smallest absolute Gasteiger partial charge is 0.270 e. The largest absolute Gasteiger partial charge is 0.349 e. The summed E-state index contributed by atoms with van der Waals surface area (Å²) in [4.78, 5) is 15.6. The molecule has 2 aromatic heterocycles. The van der Waals surface area contributed by atoms with Gasteiger partial charge in [-0.25, -0.2) is 4.98 Å². The third-order valence-electron chi connectivity index (χ3n) is 2.05. The Morgan fingerprint density at radius 2 is 2.35 bits per heavy atom. The van der Waals surface area contributed by atoms with Gasteiger partial charge in [0.25, 0.3) is 5.91 Å². The number of halogens is 1. The lowest BCUT2D eigenvalue weighted by Crippen LogP contribution is -2.28. The van der Waals surface area contributed by atoms with E-state index in [1.807, 2.05) is 0 Å². The van der Waals surface area contributed by atoms with E-state index in [9.17, 15) is 4.79 Å². The lowest BCUT2D eigenvalue weighted by molar-refractivity contribution is 0.0947. The first-order valence-corrected chi connectivity index (χ1v) is 5.38. The Bertz CT molecular complexity index is 499. The molecular formula is C10H10ClN5O. The second-order valence-corrected chi connectivity index (χ2v) is 3.65. The molecule has 0 aliphatic heterocycles. The summed E-state index contributed by atoms with van der Waals surface area (Å²) in [5, 5.41) is 10.5. The van der Waals surface area contributed by atoms with Crippen LogP contribution in [0.1, 0.15) is 10.5 Å². The number of carbonyl (C=O) groups excluding carboxylic acids is 1. The Morgan fingerprint density at radius 1 is 1.47 bits per heavy atom. The maximum atomic E-state index is 11.6. The summed E-state index contributed by atoms with van der Waals surface area (Å²) in [6.07, 6.45) is 3.31. The third kappa shape index (κ3) is 3.25. The molecule has 88 valence electrons. The third-order valence-corrected chi connectivity index (χ3v) is 2.26. The van der Waals surface area contributed by atoms with Crippen molar-refractivity contribution in [1.82, 2.24) is 25.3 Å². The Labute approximate surface area is 103 Å². The van der Waals surface area contributed by atoms with Gasteiger partial charge in [0.2, 0.25) is 0 Å². The summed E-state index contributed by atoms with van der Waals surface area (Å²) in [6.45, 7) is 1.02. The van der Waals surface area contributed by atoms with Crippen molar-refractivity contribution in [2.24, 2.45) is 0 Å². The number of nitrogens with zero attached hydrogens (tertiary/aromatic N) is 4. The fourth-order valence-electron chi connectivity index (χ4n) is 1.26. The summed E-state index contributed by atoms with van der Waals surface area (Å²) in [5.74, 6) is -0.257. The Morgan fingerprint density at radius 3 is 3.06 bits per heavy atom. The van der Waals surface area contributed by atoms with Gasteiger partial charge in [-0.15, -0.1) is 5.10 Å². The van der Waals surface area contributed by atoms with E-state index >= 15 is 0 Å². The number of rotatable bonds is 4. The van der Waals surface area contributed by atoms with Gasteiger partial charge in [0.1, 0.15) is 10.8 Å². The first-order chi connectivity index (χ1) is 8.25. The highest BCUT2D eigenvalue weighted by Gasteiger charge is 2.06. The van der Waals surface area contributed by atoms with Crippen molar-refractivity contribution in [1.29, 1.82) is 0 Å². The Balaban J connectivity index is 1.85. The van der Waals surface area contributed by atoms with Crippen LogP contribution in [0, 0.1) is 0 Å². The maximum Gasteiger partial charge on any atom is 0.270 e. The van der Waals surface area contributed by atoms with Crippen LogP contribution in [-0.4, -0.2) is 32.4 Å². The first kappa shape index (κ1) is 11.5. The van der Waals surface area contributed by atoms with Gasteiger partial charge in [0.05, 0.1) is 12.7 Å². The van der Waals surface area contributed by atoms with Crippen molar-refractivity contribution in [3.63, 3.8) is 0 Å². The van der Waals surface area contributed by atoms with E-state index in [4.69, 9.17) is 11.6 Å². The fourth-order valence-corrected chi connectivity index (χ4v) is 1.43. The minimum atomic E-state index is -0.257. The molecule has 1 amide bonds. The maximum absolute atomic E-state index is 11.6. The van der Waals surface area contributed by atoms with Gasteiger partial charge < -0.3 is 5.32 Å². The van der Waals surface area contributed by atoms with Crippen LogP contribution >= 0.6 is 11.6 Å². The van der Waals surface area contributed by atoms with Gasteiger partial charge in [-0.1, -0.05) is 22.9 Å². The highest BCUT2D eigenvalue weighted by Crippen LogP contribution is 2.04. The van der Waals surface area contributed by atoms with Crippen molar-refractivity contribution >= 4 is 17.5 Å². The SMILES string of the molecule is O=C(NCCn1ccnn1)c1cccc(Cl)n1. The molecule has 0 saturated carbocycles. The fraction of sp³-hybridized carbons (Fsp3) is 0.200. The molecule has 0 radical (unpaired) electrons. The van der Waals surface area contributed by atoms with E-state index in [-0.39, 0.29) is 5.91 Å². The molecule has 2 aromatic rings. The van der Waals surface area contributed by atoms with Crippen molar-refractivity contribution < 1.29 is 4.79 Å². The zero-order chi connectivity index (χ0) is 12.1. The molecule has 6 nitrogen and oxygen atoms in total. The second-order valence-electron chi connectivity index (χ2n) is 3.27. The molecule has 0 aromatic carbocycles. The number of aromatic nitrogens is 4. The molecule has 0 aliphatic carbocycles. The molecule has 17 heavy (non-hydrogen) atoms. The predicted molar refractivity (Wildman–Crippen MR) is 61.6 cm³/mol. The number of hydrogen-bond donors (Lipinski definition) is 1. The minimum absolute atomic E-state index is 0.257. The van der Waals surface area contributed by atoms with Crippen molar-refractivity contribution in [2.45, 2.75) is 6.54 Å². The quantitative estimate of drug-likeness (QED) is 0.814. The van der Waals surface area contributed by atoms with Crippen LogP contribution in [0.3, 0.4) is 0 Å². The Kier molecular flexibility index (Phi) is 3.66. The van der Waals surface area contributed by atoms with E-state index in [2.05, 4.69) is 20.6 Å². The zero-order valence-electron chi connectivity index (χ0n) is 8.88. The van der Waals surface area contributed by atoms with Gasteiger partial charge in [0, 0.05) is 12.7 Å². The number of amides is 1. The molecule has 0 spiro atoms. The molecule has 1 N–H and O–H groups in total. The molecular weight excluding hydrogens is 242 g/mol. The van der Waals surface area contributed by atoms with Crippen LogP contribution in [0.25, 0.3) is 0 Å². The lowest BCUT2D eigenvalue weighted by Gasteiger charge is -2.04. The average molecular weight is 252 g/mol. The van der Waals surface area contributed by atoms with E-state index in [1.165, 1.54) is 0 Å². The lowest BCUT2D eigenvalue weighted by atomic mass is 10.3. The Hall–Kier alpha value is -1.95. The summed E-state index contributed by atoms with van der Waals surface area (Å²) in [5.41, 5.74) is 0.302.